The van der Waals surface area contributed by atoms with E-state index in [9.17, 15) is 4.79 Å². The Morgan fingerprint density at radius 1 is 1.53 bits per heavy atom. The number of hydrogen-bond acceptors (Lipinski definition) is 4. The normalized spacial score (nSPS) is 10.4. The number of benzene rings is 1. The molecule has 6 heteroatoms. The molecule has 0 atom stereocenters. The monoisotopic (exact) mass is 261 g/mol. The van der Waals surface area contributed by atoms with Gasteiger partial charge in [-0.15, -0.1) is 0 Å². The highest BCUT2D eigenvalue weighted by Crippen LogP contribution is 2.21. The lowest BCUT2D eigenvalue weighted by Crippen LogP contribution is -2.04. The summed E-state index contributed by atoms with van der Waals surface area (Å²) in [6, 6.07) is 7.33. The van der Waals surface area contributed by atoms with Gasteiger partial charge in [-0.25, -0.2) is 4.68 Å². The van der Waals surface area contributed by atoms with Crippen LogP contribution >= 0.6 is 0 Å². The number of nitrogens with two attached hydrogens (primary N) is 1. The van der Waals surface area contributed by atoms with E-state index in [1.807, 2.05) is 24.3 Å². The predicted octanol–water partition coefficient (Wildman–Crippen LogP) is 1.48. The molecule has 2 aromatic rings. The van der Waals surface area contributed by atoms with E-state index in [4.69, 9.17) is 15.6 Å². The number of aliphatic carboxylic acids is 1. The number of nitrogens with zero attached hydrogens (tertiary/aromatic N) is 2. The quantitative estimate of drug-likeness (QED) is 0.850. The smallest absolute Gasteiger partial charge is 0.303 e. The summed E-state index contributed by atoms with van der Waals surface area (Å²) in [5.41, 5.74) is 7.48. The molecule has 0 saturated heterocycles. The minimum Gasteiger partial charge on any atom is -0.497 e. The number of ether oxygens (including phenoxy) is 1. The van der Waals surface area contributed by atoms with E-state index in [0.29, 0.717) is 18.0 Å². The van der Waals surface area contributed by atoms with Crippen molar-refractivity contribution in [2.24, 2.45) is 0 Å². The third-order valence-electron chi connectivity index (χ3n) is 2.79. The van der Waals surface area contributed by atoms with Crippen LogP contribution in [0.5, 0.6) is 5.75 Å². The molecule has 1 heterocycles. The predicted molar refractivity (Wildman–Crippen MR) is 70.5 cm³/mol. The summed E-state index contributed by atoms with van der Waals surface area (Å²) in [4.78, 5) is 10.6. The number of hydrogen-bond donors (Lipinski definition) is 2. The van der Waals surface area contributed by atoms with Crippen LogP contribution in [0.4, 0.5) is 5.82 Å². The van der Waals surface area contributed by atoms with Gasteiger partial charge in [-0.1, -0.05) is 6.07 Å². The van der Waals surface area contributed by atoms with Gasteiger partial charge in [0.2, 0.25) is 0 Å². The zero-order valence-electron chi connectivity index (χ0n) is 10.5. The van der Waals surface area contributed by atoms with E-state index in [-0.39, 0.29) is 6.42 Å². The molecule has 0 spiro atoms. The lowest BCUT2D eigenvalue weighted by molar-refractivity contribution is -0.136. The van der Waals surface area contributed by atoms with Crippen molar-refractivity contribution in [3.8, 4) is 11.4 Å². The Morgan fingerprint density at radius 2 is 2.32 bits per heavy atom. The third-order valence-corrected chi connectivity index (χ3v) is 2.79. The minimum atomic E-state index is -0.853. The molecule has 0 saturated carbocycles. The van der Waals surface area contributed by atoms with Gasteiger partial charge in [0.25, 0.3) is 0 Å². The van der Waals surface area contributed by atoms with Crippen molar-refractivity contribution in [3.05, 3.63) is 36.0 Å². The minimum absolute atomic E-state index is 0.0357. The molecule has 6 nitrogen and oxygen atoms in total. The summed E-state index contributed by atoms with van der Waals surface area (Å²) in [5.74, 6) is 0.308. The number of carbonyl (C=O) groups is 1. The van der Waals surface area contributed by atoms with Crippen LogP contribution in [0.25, 0.3) is 5.69 Å². The number of anilines is 1. The number of nitrogen functional groups attached to an aromatic ring is 1. The van der Waals surface area contributed by atoms with Gasteiger partial charge >= 0.3 is 5.97 Å². The van der Waals surface area contributed by atoms with E-state index in [1.54, 1.807) is 18.0 Å². The van der Waals surface area contributed by atoms with Crippen molar-refractivity contribution in [1.82, 2.24) is 9.78 Å². The summed E-state index contributed by atoms with van der Waals surface area (Å²) in [6.07, 6.45) is 2.00. The van der Waals surface area contributed by atoms with Gasteiger partial charge in [0.15, 0.2) is 0 Å². The van der Waals surface area contributed by atoms with Crippen molar-refractivity contribution in [2.45, 2.75) is 12.8 Å². The Bertz CT molecular complexity index is 593. The molecule has 100 valence electrons. The first-order valence-electron chi connectivity index (χ1n) is 5.80. The summed E-state index contributed by atoms with van der Waals surface area (Å²) in [6.45, 7) is 0. The van der Waals surface area contributed by atoms with E-state index >= 15 is 0 Å². The SMILES string of the molecule is COc1cccc(-n2ncc(CCC(=O)O)c2N)c1. The van der Waals surface area contributed by atoms with Gasteiger partial charge < -0.3 is 15.6 Å². The van der Waals surface area contributed by atoms with E-state index in [1.165, 1.54) is 0 Å². The van der Waals surface area contributed by atoms with Gasteiger partial charge in [-0.2, -0.15) is 5.10 Å². The maximum atomic E-state index is 10.6. The lowest BCUT2D eigenvalue weighted by Gasteiger charge is -2.07. The first kappa shape index (κ1) is 12.9. The number of methoxy groups -OCH3 is 1. The fraction of sp³-hybridized carbons (Fsp3) is 0.231. The van der Waals surface area contributed by atoms with Crippen LogP contribution in [-0.4, -0.2) is 28.0 Å². The van der Waals surface area contributed by atoms with Gasteiger partial charge in [-0.05, 0) is 18.6 Å². The van der Waals surface area contributed by atoms with Crippen molar-refractivity contribution in [1.29, 1.82) is 0 Å². The first-order valence-corrected chi connectivity index (χ1v) is 5.80. The lowest BCUT2D eigenvalue weighted by atomic mass is 10.2. The topological polar surface area (TPSA) is 90.4 Å². The molecule has 0 aliphatic rings. The zero-order valence-corrected chi connectivity index (χ0v) is 10.5. The zero-order chi connectivity index (χ0) is 13.8. The van der Waals surface area contributed by atoms with Crippen molar-refractivity contribution in [2.75, 3.05) is 12.8 Å². The fourth-order valence-electron chi connectivity index (χ4n) is 1.77. The van der Waals surface area contributed by atoms with Gasteiger partial charge in [0.05, 0.1) is 19.0 Å². The number of aryl methyl sites for hydroxylation is 1. The second kappa shape index (κ2) is 5.43. The third kappa shape index (κ3) is 2.85. The maximum Gasteiger partial charge on any atom is 0.303 e. The van der Waals surface area contributed by atoms with Crippen LogP contribution in [0.15, 0.2) is 30.5 Å². The van der Waals surface area contributed by atoms with E-state index in [2.05, 4.69) is 5.10 Å². The molecule has 19 heavy (non-hydrogen) atoms. The van der Waals surface area contributed by atoms with E-state index in [0.717, 1.165) is 11.3 Å². The summed E-state index contributed by atoms with van der Waals surface area (Å²) in [5, 5.41) is 12.9. The van der Waals surface area contributed by atoms with Gasteiger partial charge in [0, 0.05) is 18.1 Å². The second-order valence-corrected chi connectivity index (χ2v) is 4.06. The molecule has 0 unspecified atom stereocenters. The molecule has 0 amide bonds. The molecular formula is C13H15N3O3. The summed E-state index contributed by atoms with van der Waals surface area (Å²) in [7, 11) is 1.59. The number of carboxylic acid groups (broad SMARTS) is 1. The Morgan fingerprint density at radius 3 is 3.00 bits per heavy atom. The largest absolute Gasteiger partial charge is 0.497 e. The number of aromatic nitrogens is 2. The molecule has 2 rings (SSSR count). The number of rotatable bonds is 5. The molecule has 0 radical (unpaired) electrons. The van der Waals surface area contributed by atoms with Crippen molar-refractivity contribution >= 4 is 11.8 Å². The van der Waals surface area contributed by atoms with Crippen LogP contribution in [0.3, 0.4) is 0 Å². The first-order chi connectivity index (χ1) is 9.11. The Balaban J connectivity index is 2.27. The second-order valence-electron chi connectivity index (χ2n) is 4.06. The Kier molecular flexibility index (Phi) is 3.70. The standard InChI is InChI=1S/C13H15N3O3/c1-19-11-4-2-3-10(7-11)16-13(14)9(8-15-16)5-6-12(17)18/h2-4,7-8H,5-6,14H2,1H3,(H,17,18). The maximum absolute atomic E-state index is 10.6. The van der Waals surface area contributed by atoms with Crippen LogP contribution < -0.4 is 10.5 Å². The molecule has 0 aliphatic carbocycles. The van der Waals surface area contributed by atoms with E-state index < -0.39 is 5.97 Å². The van der Waals surface area contributed by atoms with Gasteiger partial charge in [-0.3, -0.25) is 4.79 Å². The van der Waals surface area contributed by atoms with Crippen LogP contribution in [0, 0.1) is 0 Å². The molecular weight excluding hydrogens is 246 g/mol. The molecule has 3 N–H and O–H groups in total. The van der Waals surface area contributed by atoms with Gasteiger partial charge in [0.1, 0.15) is 11.6 Å². The molecule has 0 aliphatic heterocycles. The number of carboxylic acids is 1. The van der Waals surface area contributed by atoms with Crippen LogP contribution in [0.1, 0.15) is 12.0 Å². The van der Waals surface area contributed by atoms with Crippen molar-refractivity contribution in [3.63, 3.8) is 0 Å². The highest BCUT2D eigenvalue weighted by Gasteiger charge is 2.10. The Labute approximate surface area is 110 Å². The molecule has 1 aromatic heterocycles. The fourth-order valence-corrected chi connectivity index (χ4v) is 1.77. The molecule has 0 bridgehead atoms. The summed E-state index contributed by atoms with van der Waals surface area (Å²) >= 11 is 0. The summed E-state index contributed by atoms with van der Waals surface area (Å²) < 4.78 is 6.71. The molecule has 1 aromatic carbocycles. The highest BCUT2D eigenvalue weighted by molar-refractivity contribution is 5.67. The van der Waals surface area contributed by atoms with Crippen LogP contribution in [-0.2, 0) is 11.2 Å². The highest BCUT2D eigenvalue weighted by atomic mass is 16.5. The molecule has 0 fully saturated rings. The Hall–Kier alpha value is -2.50. The van der Waals surface area contributed by atoms with Crippen molar-refractivity contribution < 1.29 is 14.6 Å². The average Bonchev–Trinajstić information content (AvgIpc) is 2.78. The van der Waals surface area contributed by atoms with Crippen LogP contribution in [0.2, 0.25) is 0 Å². The average molecular weight is 261 g/mol.